The van der Waals surface area contributed by atoms with E-state index in [-0.39, 0.29) is 18.1 Å². The van der Waals surface area contributed by atoms with Crippen molar-refractivity contribution >= 4 is 17.6 Å². The molecule has 1 aromatic carbocycles. The Morgan fingerprint density at radius 3 is 2.75 bits per heavy atom. The van der Waals surface area contributed by atoms with Crippen molar-refractivity contribution in [3.8, 4) is 6.01 Å². The van der Waals surface area contributed by atoms with E-state index in [1.165, 1.54) is 0 Å². The average Bonchev–Trinajstić information content (AvgIpc) is 3.05. The largest absolute Gasteiger partial charge is 0.458 e. The number of carbonyl (C=O) groups is 1. The molecule has 0 aliphatic carbocycles. The maximum atomic E-state index is 12.8. The van der Waals surface area contributed by atoms with Crippen LogP contribution in [0.4, 0.5) is 9.18 Å². The number of ether oxygens (including phenoxy) is 1. The van der Waals surface area contributed by atoms with Gasteiger partial charge in [-0.2, -0.15) is 0 Å². The van der Waals surface area contributed by atoms with Gasteiger partial charge in [-0.05, 0) is 17.7 Å². The molecule has 126 valence electrons. The minimum Gasteiger partial charge on any atom is -0.458 e. The lowest BCUT2D eigenvalue weighted by atomic mass is 10.2. The zero-order valence-corrected chi connectivity index (χ0v) is 13.5. The number of nitrogens with one attached hydrogen (secondary N) is 1. The molecule has 6 nitrogen and oxygen atoms in total. The number of amides is 2. The predicted molar refractivity (Wildman–Crippen MR) is 86.3 cm³/mol. The van der Waals surface area contributed by atoms with Gasteiger partial charge < -0.3 is 15.0 Å². The first kappa shape index (κ1) is 16.4. The van der Waals surface area contributed by atoms with E-state index in [1.807, 2.05) is 12.1 Å². The number of halogens is 2. The monoisotopic (exact) mass is 350 g/mol. The van der Waals surface area contributed by atoms with E-state index in [1.54, 1.807) is 17.0 Å². The van der Waals surface area contributed by atoms with Gasteiger partial charge in [0.25, 0.3) is 0 Å². The first-order valence-electron chi connectivity index (χ1n) is 7.51. The Morgan fingerprint density at radius 2 is 2.04 bits per heavy atom. The number of benzene rings is 1. The molecule has 0 unspecified atom stereocenters. The van der Waals surface area contributed by atoms with Crippen molar-refractivity contribution in [1.82, 2.24) is 20.2 Å². The molecule has 0 spiro atoms. The lowest BCUT2D eigenvalue weighted by molar-refractivity contribution is 0.177. The number of urea groups is 1. The second-order valence-electron chi connectivity index (χ2n) is 5.44. The summed E-state index contributed by atoms with van der Waals surface area (Å²) in [7, 11) is 0. The zero-order chi connectivity index (χ0) is 16.9. The number of hydrogen-bond acceptors (Lipinski definition) is 4. The highest BCUT2D eigenvalue weighted by atomic mass is 35.5. The molecule has 24 heavy (non-hydrogen) atoms. The molecule has 1 aromatic heterocycles. The molecule has 1 aliphatic heterocycles. The number of hydrogen-bond donors (Lipinski definition) is 1. The molecule has 8 heteroatoms. The third-order valence-corrected chi connectivity index (χ3v) is 3.91. The van der Waals surface area contributed by atoms with Crippen molar-refractivity contribution in [3.05, 3.63) is 53.1 Å². The van der Waals surface area contributed by atoms with Gasteiger partial charge in [0.05, 0.1) is 18.9 Å². The van der Waals surface area contributed by atoms with Gasteiger partial charge in [0.2, 0.25) is 0 Å². The SMILES string of the molecule is O=C(NCc1ccc(Cl)cc1)N1CC[C@H](Oc2ncc(F)cn2)C1. The van der Waals surface area contributed by atoms with Crippen LogP contribution in [-0.2, 0) is 6.54 Å². The highest BCUT2D eigenvalue weighted by Gasteiger charge is 2.28. The Balaban J connectivity index is 1.46. The first-order chi connectivity index (χ1) is 11.6. The lowest BCUT2D eigenvalue weighted by Crippen LogP contribution is -2.39. The highest BCUT2D eigenvalue weighted by molar-refractivity contribution is 6.30. The minimum absolute atomic E-state index is 0.116. The van der Waals surface area contributed by atoms with Crippen molar-refractivity contribution in [2.45, 2.75) is 19.1 Å². The van der Waals surface area contributed by atoms with Gasteiger partial charge in [0, 0.05) is 24.5 Å². The first-order valence-corrected chi connectivity index (χ1v) is 7.89. The lowest BCUT2D eigenvalue weighted by Gasteiger charge is -2.17. The van der Waals surface area contributed by atoms with Crippen LogP contribution in [0.15, 0.2) is 36.7 Å². The van der Waals surface area contributed by atoms with E-state index in [0.717, 1.165) is 18.0 Å². The number of aromatic nitrogens is 2. The fourth-order valence-corrected chi connectivity index (χ4v) is 2.54. The molecule has 1 atom stereocenters. The molecule has 1 saturated heterocycles. The van der Waals surface area contributed by atoms with Crippen LogP contribution in [0, 0.1) is 5.82 Å². The molecule has 1 aliphatic rings. The molecule has 1 fully saturated rings. The standard InChI is InChI=1S/C16H16ClFN4O2/c17-12-3-1-11(2-4-12)7-21-16(23)22-6-5-14(10-22)24-15-19-8-13(18)9-20-15/h1-4,8-9,14H,5-7,10H2,(H,21,23)/t14-/m0/s1. The quantitative estimate of drug-likeness (QED) is 0.920. The smallest absolute Gasteiger partial charge is 0.317 e. The van der Waals surface area contributed by atoms with Crippen LogP contribution in [0.25, 0.3) is 0 Å². The van der Waals surface area contributed by atoms with Crippen molar-refractivity contribution < 1.29 is 13.9 Å². The van der Waals surface area contributed by atoms with Crippen LogP contribution in [-0.4, -0.2) is 40.1 Å². The van der Waals surface area contributed by atoms with E-state index >= 15 is 0 Å². The van der Waals surface area contributed by atoms with Gasteiger partial charge in [-0.25, -0.2) is 19.2 Å². The molecular weight excluding hydrogens is 335 g/mol. The van der Waals surface area contributed by atoms with E-state index in [4.69, 9.17) is 16.3 Å². The maximum absolute atomic E-state index is 12.8. The summed E-state index contributed by atoms with van der Waals surface area (Å²) in [5.74, 6) is -0.517. The highest BCUT2D eigenvalue weighted by Crippen LogP contribution is 2.15. The fraction of sp³-hybridized carbons (Fsp3) is 0.312. The van der Waals surface area contributed by atoms with Gasteiger partial charge in [0.15, 0.2) is 5.82 Å². The molecular formula is C16H16ClFN4O2. The van der Waals surface area contributed by atoms with E-state index in [0.29, 0.717) is 31.1 Å². The molecule has 0 radical (unpaired) electrons. The summed E-state index contributed by atoms with van der Waals surface area (Å²) in [5, 5.41) is 3.52. The normalized spacial score (nSPS) is 16.9. The minimum atomic E-state index is -0.517. The number of nitrogens with zero attached hydrogens (tertiary/aromatic N) is 3. The summed E-state index contributed by atoms with van der Waals surface area (Å²) in [6.07, 6.45) is 2.58. The Morgan fingerprint density at radius 1 is 1.33 bits per heavy atom. The summed E-state index contributed by atoms with van der Waals surface area (Å²) in [6.45, 7) is 1.45. The van der Waals surface area contributed by atoms with Gasteiger partial charge in [-0.15, -0.1) is 0 Å². The summed E-state index contributed by atoms with van der Waals surface area (Å²) < 4.78 is 18.3. The average molecular weight is 351 g/mol. The van der Waals surface area contributed by atoms with E-state index in [2.05, 4.69) is 15.3 Å². The Labute approximate surface area is 143 Å². The van der Waals surface area contributed by atoms with E-state index in [9.17, 15) is 9.18 Å². The van der Waals surface area contributed by atoms with E-state index < -0.39 is 5.82 Å². The molecule has 0 bridgehead atoms. The van der Waals surface area contributed by atoms with Crippen LogP contribution in [0.2, 0.25) is 5.02 Å². The number of carbonyl (C=O) groups excluding carboxylic acids is 1. The summed E-state index contributed by atoms with van der Waals surface area (Å²) in [5.41, 5.74) is 0.972. The maximum Gasteiger partial charge on any atom is 0.317 e. The molecule has 3 rings (SSSR count). The second kappa shape index (κ2) is 7.44. The summed E-state index contributed by atoms with van der Waals surface area (Å²) >= 11 is 5.83. The summed E-state index contributed by atoms with van der Waals surface area (Å²) in [6, 6.07) is 7.26. The molecule has 2 amide bonds. The third kappa shape index (κ3) is 4.32. The Bertz CT molecular complexity index is 696. The van der Waals surface area contributed by atoms with Crippen LogP contribution in [0.1, 0.15) is 12.0 Å². The van der Waals surface area contributed by atoms with Crippen molar-refractivity contribution in [3.63, 3.8) is 0 Å². The van der Waals surface area contributed by atoms with Crippen molar-refractivity contribution in [2.24, 2.45) is 0 Å². The van der Waals surface area contributed by atoms with Crippen LogP contribution in [0.5, 0.6) is 6.01 Å². The molecule has 0 saturated carbocycles. The Hall–Kier alpha value is -2.41. The van der Waals surface area contributed by atoms with Crippen LogP contribution >= 0.6 is 11.6 Å². The second-order valence-corrected chi connectivity index (χ2v) is 5.88. The van der Waals surface area contributed by atoms with Gasteiger partial charge in [-0.3, -0.25) is 0 Å². The summed E-state index contributed by atoms with van der Waals surface area (Å²) in [4.78, 5) is 21.4. The van der Waals surface area contributed by atoms with Gasteiger partial charge in [-0.1, -0.05) is 23.7 Å². The molecule has 2 aromatic rings. The van der Waals surface area contributed by atoms with Crippen LogP contribution < -0.4 is 10.1 Å². The zero-order valence-electron chi connectivity index (χ0n) is 12.8. The Kier molecular flexibility index (Phi) is 5.10. The predicted octanol–water partition coefficient (Wildman–Crippen LogP) is 2.63. The topological polar surface area (TPSA) is 67.4 Å². The number of likely N-dealkylation sites (tertiary alicyclic amines) is 1. The fourth-order valence-electron chi connectivity index (χ4n) is 2.41. The number of rotatable bonds is 4. The van der Waals surface area contributed by atoms with Crippen molar-refractivity contribution in [1.29, 1.82) is 0 Å². The van der Waals surface area contributed by atoms with Crippen molar-refractivity contribution in [2.75, 3.05) is 13.1 Å². The molecule has 1 N–H and O–H groups in total. The van der Waals surface area contributed by atoms with Crippen LogP contribution in [0.3, 0.4) is 0 Å². The van der Waals surface area contributed by atoms with Gasteiger partial charge in [0.1, 0.15) is 6.10 Å². The molecule has 2 heterocycles. The third-order valence-electron chi connectivity index (χ3n) is 3.66. The van der Waals surface area contributed by atoms with Gasteiger partial charge >= 0.3 is 12.0 Å².